The molecule has 0 spiro atoms. The van der Waals surface area contributed by atoms with Gasteiger partial charge < -0.3 is 14.7 Å². The number of aliphatic carboxylic acids is 1. The summed E-state index contributed by atoms with van der Waals surface area (Å²) >= 11 is 0. The maximum absolute atomic E-state index is 13.8. The molecule has 3 rings (SSSR count). The zero-order valence-electron chi connectivity index (χ0n) is 25.4. The van der Waals surface area contributed by atoms with Gasteiger partial charge in [0.25, 0.3) is 0 Å². The summed E-state index contributed by atoms with van der Waals surface area (Å²) in [6, 6.07) is 2.24. The van der Waals surface area contributed by atoms with Gasteiger partial charge >= 0.3 is 24.5 Å². The number of halogens is 9. The Morgan fingerprint density at radius 3 is 1.85 bits per heavy atom. The number of rotatable bonds is 11. The first-order valence-electron chi connectivity index (χ1n) is 14.4. The molecular formula is C31H35F9N2O4. The van der Waals surface area contributed by atoms with E-state index in [9.17, 15) is 54.2 Å². The average molecular weight is 671 g/mol. The van der Waals surface area contributed by atoms with E-state index in [0.29, 0.717) is 43.6 Å². The summed E-state index contributed by atoms with van der Waals surface area (Å²) in [7, 11) is 1.03. The number of alkyl halides is 9. The van der Waals surface area contributed by atoms with Crippen molar-refractivity contribution < 1.29 is 58.9 Å². The van der Waals surface area contributed by atoms with Crippen molar-refractivity contribution in [1.29, 1.82) is 0 Å². The number of carboxylic acids is 1. The predicted molar refractivity (Wildman–Crippen MR) is 148 cm³/mol. The number of carbonyl (C=O) groups is 2. The molecule has 1 saturated heterocycles. The Morgan fingerprint density at radius 2 is 1.43 bits per heavy atom. The molecule has 0 aromatic heterocycles. The molecule has 15 heteroatoms. The van der Waals surface area contributed by atoms with Crippen molar-refractivity contribution in [2.24, 2.45) is 11.8 Å². The summed E-state index contributed by atoms with van der Waals surface area (Å²) in [6.07, 6.45) is -15.7. The molecule has 0 radical (unpaired) electrons. The second kappa shape index (κ2) is 14.2. The summed E-state index contributed by atoms with van der Waals surface area (Å²) < 4.78 is 128. The number of methoxy groups -OCH3 is 1. The van der Waals surface area contributed by atoms with Gasteiger partial charge in [0.05, 0.1) is 28.7 Å². The molecular weight excluding hydrogens is 635 g/mol. The number of ether oxygens (including phenoxy) is 1. The third-order valence-corrected chi connectivity index (χ3v) is 8.33. The summed E-state index contributed by atoms with van der Waals surface area (Å²) in [6.45, 7) is 5.18. The fraction of sp³-hybridized carbons (Fsp3) is 0.548. The fourth-order valence-electron chi connectivity index (χ4n) is 6.01. The SMILES string of the molecule is COC(c1cc(C(F)(F)F)cc(C(F)(F)F)c1)C(C)N(C=O)Cc1cc(C(F)(F)F)ccc1C(C(C)C)N1CCC(C(=O)O)CC1. The van der Waals surface area contributed by atoms with E-state index in [1.165, 1.54) is 13.0 Å². The van der Waals surface area contributed by atoms with Crippen molar-refractivity contribution in [2.45, 2.75) is 76.9 Å². The van der Waals surface area contributed by atoms with E-state index in [-0.39, 0.29) is 24.0 Å². The molecule has 0 aliphatic carbocycles. The summed E-state index contributed by atoms with van der Waals surface area (Å²) in [5.41, 5.74) is -4.25. The van der Waals surface area contributed by atoms with Gasteiger partial charge in [-0.25, -0.2) is 0 Å². The maximum atomic E-state index is 13.8. The lowest BCUT2D eigenvalue weighted by Gasteiger charge is -2.40. The molecule has 3 unspecified atom stereocenters. The van der Waals surface area contributed by atoms with Crippen LogP contribution in [0.4, 0.5) is 39.5 Å². The number of hydrogen-bond acceptors (Lipinski definition) is 4. The molecule has 3 atom stereocenters. The zero-order valence-corrected chi connectivity index (χ0v) is 25.4. The normalized spacial score (nSPS) is 17.5. The monoisotopic (exact) mass is 670 g/mol. The minimum atomic E-state index is -5.14. The number of carboxylic acid groups (broad SMARTS) is 1. The van der Waals surface area contributed by atoms with E-state index in [1.807, 2.05) is 18.7 Å². The van der Waals surface area contributed by atoms with Crippen LogP contribution in [-0.4, -0.2) is 53.5 Å². The van der Waals surface area contributed by atoms with Gasteiger partial charge in [0.2, 0.25) is 6.41 Å². The highest BCUT2D eigenvalue weighted by molar-refractivity contribution is 5.70. The van der Waals surface area contributed by atoms with E-state index in [0.717, 1.165) is 24.1 Å². The molecule has 2 aromatic rings. The average Bonchev–Trinajstić information content (AvgIpc) is 2.95. The molecule has 0 saturated carbocycles. The van der Waals surface area contributed by atoms with Gasteiger partial charge in [-0.2, -0.15) is 39.5 Å². The van der Waals surface area contributed by atoms with Gasteiger partial charge in [-0.15, -0.1) is 0 Å². The second-order valence-electron chi connectivity index (χ2n) is 11.8. The maximum Gasteiger partial charge on any atom is 0.416 e. The summed E-state index contributed by atoms with van der Waals surface area (Å²) in [5.74, 6) is -1.69. The number of likely N-dealkylation sites (tertiary alicyclic amines) is 1. The van der Waals surface area contributed by atoms with Crippen molar-refractivity contribution >= 4 is 12.4 Å². The summed E-state index contributed by atoms with van der Waals surface area (Å²) in [5, 5.41) is 9.39. The van der Waals surface area contributed by atoms with Crippen LogP contribution in [0.2, 0.25) is 0 Å². The standard InChI is InChI=1S/C31H35F9N2O4/c1-17(2)26(41-9-7-19(8-10-41)28(44)45)25-6-5-22(29(32,33)34)13-21(25)15-42(16-43)18(3)27(46-4)20-11-23(30(35,36)37)14-24(12-20)31(38,39)40/h5-6,11-14,16-19,26-27H,7-10,15H2,1-4H3,(H,44,45). The molecule has 1 fully saturated rings. The lowest BCUT2D eigenvalue weighted by Crippen LogP contribution is -2.41. The minimum absolute atomic E-state index is 0.0430. The first kappa shape index (κ1) is 37.1. The first-order chi connectivity index (χ1) is 21.2. The fourth-order valence-corrected chi connectivity index (χ4v) is 6.01. The molecule has 0 bridgehead atoms. The number of amides is 1. The molecule has 2 aromatic carbocycles. The van der Waals surface area contributed by atoms with Crippen molar-refractivity contribution in [2.75, 3.05) is 20.2 Å². The van der Waals surface area contributed by atoms with Crippen LogP contribution >= 0.6 is 0 Å². The van der Waals surface area contributed by atoms with E-state index >= 15 is 0 Å². The number of piperidine rings is 1. The van der Waals surface area contributed by atoms with Gasteiger partial charge in [0.1, 0.15) is 6.10 Å². The third-order valence-electron chi connectivity index (χ3n) is 8.33. The Labute approximate surface area is 260 Å². The number of benzene rings is 2. The molecule has 6 nitrogen and oxygen atoms in total. The Kier molecular flexibility index (Phi) is 11.5. The van der Waals surface area contributed by atoms with E-state index in [1.54, 1.807) is 0 Å². The van der Waals surface area contributed by atoms with Crippen LogP contribution in [0.3, 0.4) is 0 Å². The molecule has 256 valence electrons. The highest BCUT2D eigenvalue weighted by Gasteiger charge is 2.39. The minimum Gasteiger partial charge on any atom is -0.481 e. The molecule has 1 amide bonds. The van der Waals surface area contributed by atoms with Crippen LogP contribution in [0, 0.1) is 11.8 Å². The van der Waals surface area contributed by atoms with Crippen LogP contribution < -0.4 is 0 Å². The second-order valence-corrected chi connectivity index (χ2v) is 11.8. The highest BCUT2D eigenvalue weighted by atomic mass is 19.4. The smallest absolute Gasteiger partial charge is 0.416 e. The number of carbonyl (C=O) groups excluding carboxylic acids is 1. The van der Waals surface area contributed by atoms with E-state index in [2.05, 4.69) is 0 Å². The van der Waals surface area contributed by atoms with E-state index < -0.39 is 77.4 Å². The lowest BCUT2D eigenvalue weighted by molar-refractivity contribution is -0.144. The van der Waals surface area contributed by atoms with Gasteiger partial charge in [0.15, 0.2) is 0 Å². The third kappa shape index (κ3) is 8.72. The molecule has 46 heavy (non-hydrogen) atoms. The van der Waals surface area contributed by atoms with Crippen LogP contribution in [0.5, 0.6) is 0 Å². The summed E-state index contributed by atoms with van der Waals surface area (Å²) in [4.78, 5) is 26.8. The van der Waals surface area contributed by atoms with Crippen molar-refractivity contribution in [3.8, 4) is 0 Å². The van der Waals surface area contributed by atoms with Crippen LogP contribution in [-0.2, 0) is 39.4 Å². The van der Waals surface area contributed by atoms with Gasteiger partial charge in [-0.05, 0) is 85.8 Å². The molecule has 1 aliphatic heterocycles. The van der Waals surface area contributed by atoms with Crippen LogP contribution in [0.1, 0.15) is 79.1 Å². The molecule has 1 aliphatic rings. The van der Waals surface area contributed by atoms with Crippen molar-refractivity contribution in [3.05, 3.63) is 69.8 Å². The Morgan fingerprint density at radius 1 is 0.913 bits per heavy atom. The Bertz CT molecular complexity index is 1330. The van der Waals surface area contributed by atoms with Crippen molar-refractivity contribution in [3.63, 3.8) is 0 Å². The molecule has 1 heterocycles. The molecule has 1 N–H and O–H groups in total. The number of nitrogens with zero attached hydrogens (tertiary/aromatic N) is 2. The quantitative estimate of drug-likeness (QED) is 0.194. The Hall–Kier alpha value is -3.33. The van der Waals surface area contributed by atoms with Gasteiger partial charge in [-0.1, -0.05) is 19.9 Å². The zero-order chi connectivity index (χ0) is 34.8. The largest absolute Gasteiger partial charge is 0.481 e. The topological polar surface area (TPSA) is 70.1 Å². The van der Waals surface area contributed by atoms with E-state index in [4.69, 9.17) is 4.74 Å². The van der Waals surface area contributed by atoms with Crippen LogP contribution in [0.25, 0.3) is 0 Å². The first-order valence-corrected chi connectivity index (χ1v) is 14.4. The van der Waals surface area contributed by atoms with Gasteiger partial charge in [-0.3, -0.25) is 14.5 Å². The highest BCUT2D eigenvalue weighted by Crippen LogP contribution is 2.41. The van der Waals surface area contributed by atoms with Crippen LogP contribution in [0.15, 0.2) is 36.4 Å². The Balaban J connectivity index is 2.07. The lowest BCUT2D eigenvalue weighted by atomic mass is 9.86. The predicted octanol–water partition coefficient (Wildman–Crippen LogP) is 7.97. The van der Waals surface area contributed by atoms with Gasteiger partial charge in [0, 0.05) is 19.7 Å². The number of hydrogen-bond donors (Lipinski definition) is 1. The van der Waals surface area contributed by atoms with Crippen molar-refractivity contribution in [1.82, 2.24) is 9.80 Å².